The molecule has 3 rings (SSSR count). The molecular formula is C21H22N2O4S. The molecule has 1 amide bonds. The summed E-state index contributed by atoms with van der Waals surface area (Å²) in [4.78, 5) is 12.6. The zero-order valence-corrected chi connectivity index (χ0v) is 16.6. The number of benzene rings is 3. The lowest BCUT2D eigenvalue weighted by molar-refractivity contribution is -0.116. The first-order chi connectivity index (χ1) is 13.4. The van der Waals surface area contributed by atoms with E-state index >= 15 is 0 Å². The number of nitrogens with one attached hydrogen (secondary N) is 1. The van der Waals surface area contributed by atoms with Crippen molar-refractivity contribution in [1.29, 1.82) is 0 Å². The molecule has 7 heteroatoms. The molecule has 0 unspecified atom stereocenters. The van der Waals surface area contributed by atoms with Gasteiger partial charge in [0.05, 0.1) is 18.0 Å². The lowest BCUT2D eigenvalue weighted by atomic mass is 10.1. The van der Waals surface area contributed by atoms with Crippen molar-refractivity contribution in [3.63, 3.8) is 0 Å². The first kappa shape index (κ1) is 19.9. The van der Waals surface area contributed by atoms with Crippen LogP contribution >= 0.6 is 0 Å². The zero-order chi connectivity index (χ0) is 20.1. The molecule has 0 aliphatic carbocycles. The van der Waals surface area contributed by atoms with Gasteiger partial charge in [0.1, 0.15) is 5.75 Å². The predicted molar refractivity (Wildman–Crippen MR) is 110 cm³/mol. The summed E-state index contributed by atoms with van der Waals surface area (Å²) in [6.45, 7) is 2.06. The van der Waals surface area contributed by atoms with Crippen LogP contribution in [0, 0.1) is 0 Å². The maximum Gasteiger partial charge on any atom is 0.243 e. The molecule has 1 N–H and O–H groups in total. The number of amides is 1. The van der Waals surface area contributed by atoms with Gasteiger partial charge in [-0.1, -0.05) is 36.4 Å². The molecule has 0 spiro atoms. The lowest BCUT2D eigenvalue weighted by Gasteiger charge is -2.17. The summed E-state index contributed by atoms with van der Waals surface area (Å²) in [6.07, 6.45) is 0. The van der Waals surface area contributed by atoms with Gasteiger partial charge < -0.3 is 10.1 Å². The zero-order valence-electron chi connectivity index (χ0n) is 15.8. The molecule has 3 aromatic carbocycles. The van der Waals surface area contributed by atoms with Gasteiger partial charge in [0.2, 0.25) is 15.9 Å². The maximum atomic E-state index is 12.7. The van der Waals surface area contributed by atoms with Crippen LogP contribution in [-0.4, -0.2) is 38.8 Å². The molecule has 0 saturated carbocycles. The van der Waals surface area contributed by atoms with E-state index in [9.17, 15) is 13.2 Å². The summed E-state index contributed by atoms with van der Waals surface area (Å²) in [5.41, 5.74) is 0.648. The molecule has 0 fully saturated rings. The van der Waals surface area contributed by atoms with Crippen molar-refractivity contribution in [3.8, 4) is 5.75 Å². The second-order valence-corrected chi connectivity index (χ2v) is 8.29. The molecule has 146 valence electrons. The highest BCUT2D eigenvalue weighted by Crippen LogP contribution is 2.23. The summed E-state index contributed by atoms with van der Waals surface area (Å²) < 4.78 is 31.8. The van der Waals surface area contributed by atoms with E-state index < -0.39 is 15.9 Å². The number of nitrogens with zero attached hydrogens (tertiary/aromatic N) is 1. The topological polar surface area (TPSA) is 75.7 Å². The van der Waals surface area contributed by atoms with Gasteiger partial charge >= 0.3 is 0 Å². The summed E-state index contributed by atoms with van der Waals surface area (Å²) >= 11 is 0. The molecule has 0 aliphatic rings. The third kappa shape index (κ3) is 4.32. The van der Waals surface area contributed by atoms with Gasteiger partial charge in [-0.2, -0.15) is 4.31 Å². The maximum absolute atomic E-state index is 12.7. The predicted octanol–water partition coefficient (Wildman–Crippen LogP) is 3.50. The van der Waals surface area contributed by atoms with E-state index in [1.165, 1.54) is 19.2 Å². The van der Waals surface area contributed by atoms with Crippen molar-refractivity contribution in [2.45, 2.75) is 11.8 Å². The average molecular weight is 398 g/mol. The molecule has 6 nitrogen and oxygen atoms in total. The molecule has 0 bridgehead atoms. The van der Waals surface area contributed by atoms with E-state index in [2.05, 4.69) is 5.32 Å². The molecule has 0 aromatic heterocycles. The van der Waals surface area contributed by atoms with Crippen molar-refractivity contribution >= 4 is 32.4 Å². The van der Waals surface area contributed by atoms with E-state index in [4.69, 9.17) is 4.74 Å². The van der Waals surface area contributed by atoms with Crippen molar-refractivity contribution in [2.75, 3.05) is 25.5 Å². The Hall–Kier alpha value is -2.90. The van der Waals surface area contributed by atoms with E-state index in [0.29, 0.717) is 18.0 Å². The Morgan fingerprint density at radius 2 is 1.68 bits per heavy atom. The van der Waals surface area contributed by atoms with E-state index in [1.54, 1.807) is 18.2 Å². The van der Waals surface area contributed by atoms with Crippen molar-refractivity contribution in [2.24, 2.45) is 0 Å². The SMILES string of the molecule is CCOc1ccc(S(=O)(=O)N(C)CC(=O)Nc2cccc3ccccc23)cc1. The van der Waals surface area contributed by atoms with E-state index in [-0.39, 0.29) is 11.4 Å². The number of likely N-dealkylation sites (N-methyl/N-ethyl adjacent to an activating group) is 1. The van der Waals surface area contributed by atoms with Crippen LogP contribution in [0.1, 0.15) is 6.92 Å². The number of carbonyl (C=O) groups excluding carboxylic acids is 1. The second kappa shape index (κ2) is 8.41. The van der Waals surface area contributed by atoms with Crippen LogP contribution in [0.25, 0.3) is 10.8 Å². The Morgan fingerprint density at radius 3 is 2.39 bits per heavy atom. The van der Waals surface area contributed by atoms with Gasteiger partial charge in [0, 0.05) is 18.1 Å². The highest BCUT2D eigenvalue weighted by atomic mass is 32.2. The molecule has 0 heterocycles. The third-order valence-corrected chi connectivity index (χ3v) is 6.09. The molecule has 28 heavy (non-hydrogen) atoms. The largest absolute Gasteiger partial charge is 0.494 e. The third-order valence-electron chi connectivity index (χ3n) is 4.27. The highest BCUT2D eigenvalue weighted by molar-refractivity contribution is 7.89. The number of rotatable bonds is 7. The number of anilines is 1. The average Bonchev–Trinajstić information content (AvgIpc) is 2.69. The van der Waals surface area contributed by atoms with Crippen LogP contribution in [0.3, 0.4) is 0 Å². The van der Waals surface area contributed by atoms with Crippen LogP contribution in [-0.2, 0) is 14.8 Å². The van der Waals surface area contributed by atoms with Crippen LogP contribution in [0.2, 0.25) is 0 Å². The van der Waals surface area contributed by atoms with Crippen molar-refractivity contribution in [3.05, 3.63) is 66.7 Å². The summed E-state index contributed by atoms with van der Waals surface area (Å²) in [5.74, 6) is 0.186. The molecule has 0 atom stereocenters. The molecule has 0 radical (unpaired) electrons. The fourth-order valence-electron chi connectivity index (χ4n) is 2.87. The number of ether oxygens (including phenoxy) is 1. The minimum absolute atomic E-state index is 0.108. The lowest BCUT2D eigenvalue weighted by Crippen LogP contribution is -2.35. The molecule has 0 aliphatic heterocycles. The van der Waals surface area contributed by atoms with Crippen LogP contribution in [0.5, 0.6) is 5.75 Å². The number of sulfonamides is 1. The standard InChI is InChI=1S/C21H22N2O4S/c1-3-27-17-11-13-18(14-12-17)28(25,26)23(2)15-21(24)22-20-10-6-8-16-7-4-5-9-19(16)20/h4-14H,3,15H2,1-2H3,(H,22,24). The number of hydrogen-bond donors (Lipinski definition) is 1. The van der Waals surface area contributed by atoms with Crippen LogP contribution < -0.4 is 10.1 Å². The first-order valence-electron chi connectivity index (χ1n) is 8.88. The first-order valence-corrected chi connectivity index (χ1v) is 10.3. The summed E-state index contributed by atoms with van der Waals surface area (Å²) in [5, 5.41) is 4.69. The highest BCUT2D eigenvalue weighted by Gasteiger charge is 2.23. The van der Waals surface area contributed by atoms with E-state index in [1.807, 2.05) is 43.3 Å². The minimum atomic E-state index is -3.78. The Morgan fingerprint density at radius 1 is 1.00 bits per heavy atom. The van der Waals surface area contributed by atoms with Gasteiger partial charge in [0.25, 0.3) is 0 Å². The van der Waals surface area contributed by atoms with Crippen LogP contribution in [0.15, 0.2) is 71.6 Å². The van der Waals surface area contributed by atoms with Gasteiger partial charge in [-0.15, -0.1) is 0 Å². The normalized spacial score (nSPS) is 11.5. The van der Waals surface area contributed by atoms with Gasteiger partial charge in [-0.05, 0) is 42.6 Å². The molecular weight excluding hydrogens is 376 g/mol. The number of hydrogen-bond acceptors (Lipinski definition) is 4. The number of carbonyl (C=O) groups is 1. The summed E-state index contributed by atoms with van der Waals surface area (Å²) in [7, 11) is -2.40. The van der Waals surface area contributed by atoms with Crippen LogP contribution in [0.4, 0.5) is 5.69 Å². The fraction of sp³-hybridized carbons (Fsp3) is 0.190. The quantitative estimate of drug-likeness (QED) is 0.661. The Balaban J connectivity index is 1.72. The minimum Gasteiger partial charge on any atom is -0.494 e. The second-order valence-electron chi connectivity index (χ2n) is 6.24. The molecule has 3 aromatic rings. The van der Waals surface area contributed by atoms with E-state index in [0.717, 1.165) is 15.1 Å². The van der Waals surface area contributed by atoms with Crippen molar-refractivity contribution < 1.29 is 17.9 Å². The van der Waals surface area contributed by atoms with Crippen molar-refractivity contribution in [1.82, 2.24) is 4.31 Å². The van der Waals surface area contributed by atoms with Gasteiger partial charge in [-0.25, -0.2) is 8.42 Å². The van der Waals surface area contributed by atoms with Gasteiger partial charge in [0.15, 0.2) is 0 Å². The Bertz CT molecular complexity index is 1070. The van der Waals surface area contributed by atoms with Gasteiger partial charge in [-0.3, -0.25) is 4.79 Å². The molecule has 0 saturated heterocycles. The Kier molecular flexibility index (Phi) is 5.96. The fourth-order valence-corrected chi connectivity index (χ4v) is 3.99. The monoisotopic (exact) mass is 398 g/mol. The number of fused-ring (bicyclic) bond motifs is 1. The summed E-state index contributed by atoms with van der Waals surface area (Å²) in [6, 6.07) is 19.4. The smallest absolute Gasteiger partial charge is 0.243 e. The Labute approximate surface area is 164 Å².